The van der Waals surface area contributed by atoms with E-state index < -0.39 is 11.7 Å². The molecule has 4 heteroatoms. The Balaban J connectivity index is 3.02. The van der Waals surface area contributed by atoms with Gasteiger partial charge in [-0.3, -0.25) is 4.79 Å². The highest BCUT2D eigenvalue weighted by Crippen LogP contribution is 2.27. The second-order valence-electron chi connectivity index (χ2n) is 4.29. The maximum Gasteiger partial charge on any atom is 0.154 e. The van der Waals surface area contributed by atoms with Crippen LogP contribution in [0, 0.1) is 23.1 Å². The van der Waals surface area contributed by atoms with Crippen LogP contribution in [0.4, 0.5) is 4.39 Å². The quantitative estimate of drug-likeness (QED) is 0.821. The van der Waals surface area contributed by atoms with Crippen LogP contribution in [0.1, 0.15) is 31.7 Å². The molecule has 2 nitrogen and oxygen atoms in total. The van der Waals surface area contributed by atoms with Crippen LogP contribution in [0.5, 0.6) is 0 Å². The van der Waals surface area contributed by atoms with Gasteiger partial charge in [0.25, 0.3) is 0 Å². The number of benzene rings is 1. The van der Waals surface area contributed by atoms with Crippen LogP contribution in [0.25, 0.3) is 0 Å². The summed E-state index contributed by atoms with van der Waals surface area (Å²) in [5.41, 5.74) is 0.376. The Morgan fingerprint density at radius 2 is 2.18 bits per heavy atom. The molecular weight excluding hydrogens is 241 g/mol. The molecule has 1 aromatic carbocycles. The first-order valence-corrected chi connectivity index (χ1v) is 5.70. The number of Topliss-reactive ketones (excluding diaryl/α,β-unsaturated/α-hetero) is 1. The number of carbonyl (C=O) groups excluding carboxylic acids is 1. The smallest absolute Gasteiger partial charge is 0.154 e. The zero-order chi connectivity index (χ0) is 13.0. The summed E-state index contributed by atoms with van der Waals surface area (Å²) >= 11 is 5.84. The molecule has 0 saturated heterocycles. The van der Waals surface area contributed by atoms with E-state index in [0.29, 0.717) is 12.0 Å². The lowest BCUT2D eigenvalue weighted by Gasteiger charge is -2.11. The zero-order valence-corrected chi connectivity index (χ0v) is 10.5. The molecule has 0 N–H and O–H groups in total. The van der Waals surface area contributed by atoms with E-state index in [4.69, 9.17) is 16.9 Å². The minimum atomic E-state index is -0.912. The first kappa shape index (κ1) is 13.7. The van der Waals surface area contributed by atoms with Crippen molar-refractivity contribution in [2.45, 2.75) is 26.2 Å². The number of nitriles is 1. The largest absolute Gasteiger partial charge is 0.298 e. The first-order chi connectivity index (χ1) is 7.95. The lowest BCUT2D eigenvalue weighted by atomic mass is 9.91. The topological polar surface area (TPSA) is 40.9 Å². The Bertz CT molecular complexity index is 465. The van der Waals surface area contributed by atoms with Crippen molar-refractivity contribution >= 4 is 17.4 Å². The van der Waals surface area contributed by atoms with Gasteiger partial charge in [-0.05, 0) is 23.6 Å². The van der Waals surface area contributed by atoms with Crippen molar-refractivity contribution in [3.05, 3.63) is 34.6 Å². The maximum absolute atomic E-state index is 12.9. The highest BCUT2D eigenvalue weighted by Gasteiger charge is 2.23. The van der Waals surface area contributed by atoms with Gasteiger partial charge in [-0.1, -0.05) is 31.5 Å². The van der Waals surface area contributed by atoms with Crippen molar-refractivity contribution in [3.8, 4) is 6.07 Å². The van der Waals surface area contributed by atoms with Crippen LogP contribution in [0.15, 0.2) is 18.2 Å². The molecule has 1 aromatic rings. The minimum absolute atomic E-state index is 0.119. The molecule has 0 fully saturated rings. The second kappa shape index (κ2) is 5.79. The third-order valence-corrected chi connectivity index (χ3v) is 2.66. The molecule has 1 atom stereocenters. The predicted octanol–water partition coefficient (Wildman–Crippen LogP) is 3.70. The van der Waals surface area contributed by atoms with E-state index in [-0.39, 0.29) is 16.7 Å². The van der Waals surface area contributed by atoms with Crippen LogP contribution >= 0.6 is 11.6 Å². The molecule has 0 aromatic heterocycles. The Morgan fingerprint density at radius 1 is 1.53 bits per heavy atom. The van der Waals surface area contributed by atoms with Gasteiger partial charge >= 0.3 is 0 Å². The third kappa shape index (κ3) is 3.54. The summed E-state index contributed by atoms with van der Waals surface area (Å²) in [5.74, 6) is -1.40. The van der Waals surface area contributed by atoms with Crippen molar-refractivity contribution in [2.75, 3.05) is 0 Å². The van der Waals surface area contributed by atoms with Crippen molar-refractivity contribution in [3.63, 3.8) is 0 Å². The summed E-state index contributed by atoms with van der Waals surface area (Å²) in [7, 11) is 0. The SMILES string of the molecule is CC(C)CC(=O)C(C#N)c1ccc(F)cc1Cl. The first-order valence-electron chi connectivity index (χ1n) is 5.33. The fraction of sp³-hybridized carbons (Fsp3) is 0.385. The molecule has 0 aliphatic carbocycles. The Hall–Kier alpha value is -1.40. The van der Waals surface area contributed by atoms with Crippen molar-refractivity contribution in [1.82, 2.24) is 0 Å². The molecule has 1 unspecified atom stereocenters. The summed E-state index contributed by atoms with van der Waals surface area (Å²) in [6, 6.07) is 5.64. The normalized spacial score (nSPS) is 12.2. The average Bonchev–Trinajstić information content (AvgIpc) is 2.21. The van der Waals surface area contributed by atoms with Crippen molar-refractivity contribution < 1.29 is 9.18 Å². The molecule has 0 aliphatic heterocycles. The molecule has 1 rings (SSSR count). The number of hydrogen-bond acceptors (Lipinski definition) is 2. The lowest BCUT2D eigenvalue weighted by molar-refractivity contribution is -0.120. The number of nitrogens with zero attached hydrogens (tertiary/aromatic N) is 1. The second-order valence-corrected chi connectivity index (χ2v) is 4.70. The van der Waals surface area contributed by atoms with Crippen LogP contribution < -0.4 is 0 Å². The average molecular weight is 254 g/mol. The van der Waals surface area contributed by atoms with E-state index in [2.05, 4.69) is 0 Å². The summed E-state index contributed by atoms with van der Waals surface area (Å²) < 4.78 is 12.9. The van der Waals surface area contributed by atoms with E-state index in [0.717, 1.165) is 6.07 Å². The highest BCUT2D eigenvalue weighted by atomic mass is 35.5. The fourth-order valence-electron chi connectivity index (χ4n) is 1.57. The lowest BCUT2D eigenvalue weighted by Crippen LogP contribution is -2.13. The predicted molar refractivity (Wildman–Crippen MR) is 64.2 cm³/mol. The molecule has 0 radical (unpaired) electrons. The monoisotopic (exact) mass is 253 g/mol. The highest BCUT2D eigenvalue weighted by molar-refractivity contribution is 6.31. The Labute approximate surface area is 105 Å². The molecule has 0 heterocycles. The van der Waals surface area contributed by atoms with Crippen LogP contribution in [-0.2, 0) is 4.79 Å². The molecule has 0 saturated carbocycles. The van der Waals surface area contributed by atoms with Gasteiger partial charge in [-0.2, -0.15) is 5.26 Å². The number of ketones is 1. The number of rotatable bonds is 4. The molecule has 17 heavy (non-hydrogen) atoms. The van der Waals surface area contributed by atoms with Crippen LogP contribution in [0.3, 0.4) is 0 Å². The molecule has 0 aliphatic rings. The van der Waals surface area contributed by atoms with Gasteiger partial charge in [0.1, 0.15) is 11.7 Å². The summed E-state index contributed by atoms with van der Waals surface area (Å²) in [6.07, 6.45) is 0.311. The minimum Gasteiger partial charge on any atom is -0.298 e. The van der Waals surface area contributed by atoms with Gasteiger partial charge < -0.3 is 0 Å². The fourth-order valence-corrected chi connectivity index (χ4v) is 1.85. The van der Waals surface area contributed by atoms with Gasteiger partial charge in [-0.15, -0.1) is 0 Å². The molecular formula is C13H13ClFNO. The van der Waals surface area contributed by atoms with Crippen LogP contribution in [0.2, 0.25) is 5.02 Å². The molecule has 0 spiro atoms. The standard InChI is InChI=1S/C13H13ClFNO/c1-8(2)5-13(17)11(7-16)10-4-3-9(15)6-12(10)14/h3-4,6,8,11H,5H2,1-2H3. The molecule has 90 valence electrons. The number of carbonyl (C=O) groups is 1. The Morgan fingerprint density at radius 3 is 2.65 bits per heavy atom. The van der Waals surface area contributed by atoms with Crippen LogP contribution in [-0.4, -0.2) is 5.78 Å². The molecule has 0 amide bonds. The molecule has 0 bridgehead atoms. The Kier molecular flexibility index (Phi) is 4.65. The number of hydrogen-bond donors (Lipinski definition) is 0. The van der Waals surface area contributed by atoms with Gasteiger partial charge in [0.2, 0.25) is 0 Å². The number of halogens is 2. The van der Waals surface area contributed by atoms with Crippen molar-refractivity contribution in [1.29, 1.82) is 5.26 Å². The third-order valence-electron chi connectivity index (χ3n) is 2.33. The maximum atomic E-state index is 12.9. The van der Waals surface area contributed by atoms with Gasteiger partial charge in [0.05, 0.1) is 6.07 Å². The van der Waals surface area contributed by atoms with E-state index >= 15 is 0 Å². The van der Waals surface area contributed by atoms with E-state index in [1.54, 1.807) is 0 Å². The zero-order valence-electron chi connectivity index (χ0n) is 9.71. The van der Waals surface area contributed by atoms with Crippen molar-refractivity contribution in [2.24, 2.45) is 5.92 Å². The van der Waals surface area contributed by atoms with Gasteiger partial charge in [0, 0.05) is 11.4 Å². The summed E-state index contributed by atoms with van der Waals surface area (Å²) in [6.45, 7) is 3.80. The van der Waals surface area contributed by atoms with Gasteiger partial charge in [0.15, 0.2) is 5.78 Å². The summed E-state index contributed by atoms with van der Waals surface area (Å²) in [4.78, 5) is 11.8. The van der Waals surface area contributed by atoms with E-state index in [9.17, 15) is 9.18 Å². The van der Waals surface area contributed by atoms with E-state index in [1.165, 1.54) is 12.1 Å². The van der Waals surface area contributed by atoms with E-state index in [1.807, 2.05) is 19.9 Å². The van der Waals surface area contributed by atoms with Gasteiger partial charge in [-0.25, -0.2) is 4.39 Å². The summed E-state index contributed by atoms with van der Waals surface area (Å²) in [5, 5.41) is 9.15.